The van der Waals surface area contributed by atoms with Gasteiger partial charge >= 0.3 is 6.09 Å². The molecule has 2 aromatic carbocycles. The minimum atomic E-state index is -0.364. The van der Waals surface area contributed by atoms with E-state index in [2.05, 4.69) is 10.1 Å². The molecule has 1 aliphatic heterocycles. The van der Waals surface area contributed by atoms with Gasteiger partial charge in [0.05, 0.1) is 23.6 Å². The predicted octanol–water partition coefficient (Wildman–Crippen LogP) is 3.74. The van der Waals surface area contributed by atoms with Gasteiger partial charge in [-0.2, -0.15) is 5.10 Å². The SMILES string of the molecule is Cc1cc(N2CCOC2=O)ccc1-n1ccc(=O)c(C(C=CN)=Nc2cccc(Cl)c2)n1. The van der Waals surface area contributed by atoms with Crippen molar-refractivity contribution in [3.8, 4) is 5.69 Å². The van der Waals surface area contributed by atoms with Gasteiger partial charge in [-0.1, -0.05) is 17.7 Å². The first-order valence-electron chi connectivity index (χ1n) is 9.84. The van der Waals surface area contributed by atoms with Crippen LogP contribution in [0.5, 0.6) is 0 Å². The van der Waals surface area contributed by atoms with Crippen molar-refractivity contribution in [3.05, 3.63) is 93.5 Å². The molecule has 0 bridgehead atoms. The normalized spacial score (nSPS) is 14.2. The van der Waals surface area contributed by atoms with Crippen molar-refractivity contribution in [2.24, 2.45) is 10.7 Å². The topological polar surface area (TPSA) is 103 Å². The number of anilines is 1. The van der Waals surface area contributed by atoms with Crippen LogP contribution in [0.2, 0.25) is 5.02 Å². The molecule has 8 nitrogen and oxygen atoms in total. The van der Waals surface area contributed by atoms with Crippen molar-refractivity contribution in [3.63, 3.8) is 0 Å². The van der Waals surface area contributed by atoms with Crippen LogP contribution in [0.4, 0.5) is 16.2 Å². The van der Waals surface area contributed by atoms with E-state index in [4.69, 9.17) is 22.1 Å². The summed E-state index contributed by atoms with van der Waals surface area (Å²) in [4.78, 5) is 30.5. The monoisotopic (exact) mass is 449 g/mol. The minimum absolute atomic E-state index is 0.140. The average Bonchev–Trinajstić information content (AvgIpc) is 3.20. The van der Waals surface area contributed by atoms with Gasteiger partial charge in [-0.3, -0.25) is 9.69 Å². The molecule has 1 aliphatic rings. The van der Waals surface area contributed by atoms with E-state index in [0.717, 1.165) is 16.9 Å². The second-order valence-corrected chi connectivity index (χ2v) is 7.48. The number of nitrogens with two attached hydrogens (primary N) is 1. The zero-order chi connectivity index (χ0) is 22.7. The minimum Gasteiger partial charge on any atom is -0.447 e. The van der Waals surface area contributed by atoms with Crippen LogP contribution in [0.1, 0.15) is 11.3 Å². The molecule has 4 rings (SSSR count). The highest BCUT2D eigenvalue weighted by Crippen LogP contribution is 2.24. The molecule has 0 radical (unpaired) electrons. The first kappa shape index (κ1) is 21.3. The molecule has 1 saturated heterocycles. The fourth-order valence-electron chi connectivity index (χ4n) is 3.36. The van der Waals surface area contributed by atoms with Crippen LogP contribution in [0.25, 0.3) is 5.69 Å². The lowest BCUT2D eigenvalue weighted by Gasteiger charge is -2.16. The van der Waals surface area contributed by atoms with Crippen LogP contribution < -0.4 is 16.1 Å². The Balaban J connectivity index is 1.75. The molecule has 162 valence electrons. The predicted molar refractivity (Wildman–Crippen MR) is 124 cm³/mol. The van der Waals surface area contributed by atoms with Gasteiger partial charge < -0.3 is 10.5 Å². The van der Waals surface area contributed by atoms with Gasteiger partial charge in [-0.15, -0.1) is 0 Å². The van der Waals surface area contributed by atoms with Crippen LogP contribution >= 0.6 is 11.6 Å². The number of amides is 1. The summed E-state index contributed by atoms with van der Waals surface area (Å²) in [6.07, 6.45) is 4.04. The van der Waals surface area contributed by atoms with Gasteiger partial charge in [0.1, 0.15) is 6.61 Å². The quantitative estimate of drug-likeness (QED) is 0.597. The van der Waals surface area contributed by atoms with E-state index in [-0.39, 0.29) is 17.2 Å². The molecule has 0 saturated carbocycles. The molecule has 32 heavy (non-hydrogen) atoms. The third kappa shape index (κ3) is 4.40. The highest BCUT2D eigenvalue weighted by Gasteiger charge is 2.24. The Bertz CT molecular complexity index is 1300. The summed E-state index contributed by atoms with van der Waals surface area (Å²) in [6, 6.07) is 13.9. The van der Waals surface area contributed by atoms with Gasteiger partial charge in [0.25, 0.3) is 0 Å². The van der Waals surface area contributed by atoms with E-state index in [1.54, 1.807) is 40.0 Å². The maximum absolute atomic E-state index is 12.6. The number of aliphatic imine (C=N–C) groups is 1. The molecular formula is C23H20ClN5O3. The number of nitrogens with zero attached hydrogens (tertiary/aromatic N) is 4. The molecule has 0 atom stereocenters. The standard InChI is InChI=1S/C23H20ClN5O3/c1-15-13-18(28-11-12-32-23(28)31)5-6-20(15)29-10-8-21(30)22(27-29)19(7-9-25)26-17-4-2-3-16(24)14-17/h2-10,13-14H,11-12,25H2,1H3. The van der Waals surface area contributed by atoms with E-state index >= 15 is 0 Å². The summed E-state index contributed by atoms with van der Waals surface area (Å²) in [5, 5.41) is 5.04. The first-order valence-corrected chi connectivity index (χ1v) is 10.2. The van der Waals surface area contributed by atoms with Gasteiger partial charge in [0.2, 0.25) is 5.43 Å². The third-order valence-corrected chi connectivity index (χ3v) is 5.10. The molecule has 1 fully saturated rings. The Labute approximate surface area is 189 Å². The Morgan fingerprint density at radius 2 is 2.06 bits per heavy atom. The van der Waals surface area contributed by atoms with Crippen molar-refractivity contribution in [1.29, 1.82) is 0 Å². The van der Waals surface area contributed by atoms with E-state index < -0.39 is 0 Å². The third-order valence-electron chi connectivity index (χ3n) is 4.86. The molecule has 0 unspecified atom stereocenters. The molecule has 0 spiro atoms. The lowest BCUT2D eigenvalue weighted by atomic mass is 10.1. The summed E-state index contributed by atoms with van der Waals surface area (Å²) in [7, 11) is 0. The molecule has 1 amide bonds. The fourth-order valence-corrected chi connectivity index (χ4v) is 3.54. The zero-order valence-corrected chi connectivity index (χ0v) is 18.0. The van der Waals surface area contributed by atoms with Crippen molar-refractivity contribution >= 4 is 34.8 Å². The highest BCUT2D eigenvalue weighted by atomic mass is 35.5. The van der Waals surface area contributed by atoms with Gasteiger partial charge in [0.15, 0.2) is 5.69 Å². The van der Waals surface area contributed by atoms with Crippen LogP contribution in [0, 0.1) is 6.92 Å². The number of aryl methyl sites for hydroxylation is 1. The van der Waals surface area contributed by atoms with E-state index in [1.165, 1.54) is 18.3 Å². The second kappa shape index (κ2) is 9.07. The molecule has 0 aliphatic carbocycles. The Hall–Kier alpha value is -3.91. The van der Waals surface area contributed by atoms with Gasteiger partial charge in [-0.25, -0.2) is 14.5 Å². The van der Waals surface area contributed by atoms with Gasteiger partial charge in [0, 0.05) is 23.0 Å². The summed E-state index contributed by atoms with van der Waals surface area (Å²) < 4.78 is 6.60. The number of halogens is 1. The highest BCUT2D eigenvalue weighted by molar-refractivity contribution is 6.30. The van der Waals surface area contributed by atoms with Crippen LogP contribution in [-0.4, -0.2) is 34.7 Å². The number of hydrogen-bond acceptors (Lipinski definition) is 6. The maximum atomic E-state index is 12.6. The lowest BCUT2D eigenvalue weighted by Crippen LogP contribution is -2.23. The fraction of sp³-hybridized carbons (Fsp3) is 0.130. The molecule has 2 N–H and O–H groups in total. The Morgan fingerprint density at radius 1 is 1.22 bits per heavy atom. The molecule has 2 heterocycles. The molecule has 1 aromatic heterocycles. The maximum Gasteiger partial charge on any atom is 0.414 e. The summed E-state index contributed by atoms with van der Waals surface area (Å²) in [5.41, 5.74) is 8.67. The number of allylic oxidation sites excluding steroid dienone is 1. The number of aromatic nitrogens is 2. The number of ether oxygens (including phenoxy) is 1. The van der Waals surface area contributed by atoms with Crippen molar-refractivity contribution in [1.82, 2.24) is 9.78 Å². The summed E-state index contributed by atoms with van der Waals surface area (Å²) in [6.45, 7) is 2.78. The van der Waals surface area contributed by atoms with Gasteiger partial charge in [-0.05, 0) is 61.2 Å². The number of carbonyl (C=O) groups excluding carboxylic acids is 1. The number of cyclic esters (lactones) is 1. The van der Waals surface area contributed by atoms with E-state index in [0.29, 0.717) is 29.6 Å². The number of hydrogen-bond donors (Lipinski definition) is 1. The average molecular weight is 450 g/mol. The second-order valence-electron chi connectivity index (χ2n) is 7.05. The summed E-state index contributed by atoms with van der Waals surface area (Å²) in [5.74, 6) is 0. The molecule has 3 aromatic rings. The van der Waals surface area contributed by atoms with Crippen molar-refractivity contribution in [2.45, 2.75) is 6.92 Å². The van der Waals surface area contributed by atoms with Crippen molar-refractivity contribution in [2.75, 3.05) is 18.1 Å². The van der Waals surface area contributed by atoms with Crippen LogP contribution in [0.15, 0.2) is 76.8 Å². The number of benzene rings is 2. The Morgan fingerprint density at radius 3 is 2.75 bits per heavy atom. The summed E-state index contributed by atoms with van der Waals surface area (Å²) >= 11 is 6.05. The zero-order valence-electron chi connectivity index (χ0n) is 17.2. The van der Waals surface area contributed by atoms with Crippen LogP contribution in [0.3, 0.4) is 0 Å². The van der Waals surface area contributed by atoms with E-state index in [1.807, 2.05) is 25.1 Å². The molecule has 9 heteroatoms. The number of carbonyl (C=O) groups is 1. The molecular weight excluding hydrogens is 430 g/mol. The largest absolute Gasteiger partial charge is 0.447 e. The Kier molecular flexibility index (Phi) is 6.04. The first-order chi connectivity index (χ1) is 15.5. The van der Waals surface area contributed by atoms with Crippen LogP contribution in [-0.2, 0) is 4.74 Å². The smallest absolute Gasteiger partial charge is 0.414 e. The lowest BCUT2D eigenvalue weighted by molar-refractivity contribution is 0.181. The van der Waals surface area contributed by atoms with E-state index in [9.17, 15) is 9.59 Å². The van der Waals surface area contributed by atoms with Crippen molar-refractivity contribution < 1.29 is 9.53 Å². The number of rotatable bonds is 5.